The summed E-state index contributed by atoms with van der Waals surface area (Å²) in [6.45, 7) is 0. The summed E-state index contributed by atoms with van der Waals surface area (Å²) in [5, 5.41) is 0. The fourth-order valence-corrected chi connectivity index (χ4v) is 1.83. The Morgan fingerprint density at radius 1 is 0.895 bits per heavy atom. The molecule has 5 nitrogen and oxygen atoms in total. The third-order valence-electron chi connectivity index (χ3n) is 2.24. The van der Waals surface area contributed by atoms with Crippen molar-refractivity contribution >= 4 is 15.8 Å². The van der Waals surface area contributed by atoms with Gasteiger partial charge in [-0.05, 0) is 48.5 Å². The van der Waals surface area contributed by atoms with Crippen LogP contribution in [0, 0.1) is 0 Å². The third kappa shape index (κ3) is 4.88. The molecule has 0 saturated carbocycles. The fraction of sp³-hybridized carbons (Fsp3) is 0. The van der Waals surface area contributed by atoms with E-state index in [2.05, 4.69) is 0 Å². The van der Waals surface area contributed by atoms with Gasteiger partial charge in [0.25, 0.3) is 10.1 Å². The summed E-state index contributed by atoms with van der Waals surface area (Å²) < 4.78 is 36.0. The van der Waals surface area contributed by atoms with Crippen LogP contribution in [0.25, 0.3) is 0 Å². The molecular formula is C12H11KNO4S+. The molecule has 0 aliphatic heterocycles. The molecule has 0 bridgehead atoms. The quantitative estimate of drug-likeness (QED) is 0.445. The molecule has 0 radical (unpaired) electrons. The van der Waals surface area contributed by atoms with E-state index in [4.69, 9.17) is 15.0 Å². The molecule has 94 valence electrons. The molecule has 2 aromatic carbocycles. The largest absolute Gasteiger partial charge is 1.00 e. The molecule has 0 atom stereocenters. The van der Waals surface area contributed by atoms with E-state index in [1.165, 1.54) is 24.3 Å². The van der Waals surface area contributed by atoms with Gasteiger partial charge in [0.1, 0.15) is 11.5 Å². The Bertz CT molecular complexity index is 638. The van der Waals surface area contributed by atoms with Crippen LogP contribution in [-0.2, 0) is 10.1 Å². The number of rotatable bonds is 3. The van der Waals surface area contributed by atoms with E-state index >= 15 is 0 Å². The number of ether oxygens (including phenoxy) is 1. The summed E-state index contributed by atoms with van der Waals surface area (Å²) in [5.74, 6) is 1.05. The topological polar surface area (TPSA) is 89.6 Å². The van der Waals surface area contributed by atoms with Gasteiger partial charge in [0, 0.05) is 5.69 Å². The Hall–Kier alpha value is -0.414. The maximum absolute atomic E-state index is 10.8. The van der Waals surface area contributed by atoms with E-state index in [-0.39, 0.29) is 56.3 Å². The summed E-state index contributed by atoms with van der Waals surface area (Å²) in [6, 6.07) is 12.2. The fourth-order valence-electron chi connectivity index (χ4n) is 1.35. The molecule has 0 aliphatic carbocycles. The normalized spacial score (nSPS) is 10.6. The Balaban J connectivity index is 0.00000180. The number of nitrogen functional groups attached to an aromatic ring is 1. The van der Waals surface area contributed by atoms with E-state index < -0.39 is 10.1 Å². The zero-order chi connectivity index (χ0) is 13.2. The van der Waals surface area contributed by atoms with Gasteiger partial charge in [0.15, 0.2) is 0 Å². The zero-order valence-electron chi connectivity index (χ0n) is 10.3. The molecule has 0 unspecified atom stereocenters. The van der Waals surface area contributed by atoms with Crippen LogP contribution in [0.2, 0.25) is 0 Å². The molecule has 3 N–H and O–H groups in total. The Morgan fingerprint density at radius 3 is 1.74 bits per heavy atom. The summed E-state index contributed by atoms with van der Waals surface area (Å²) in [7, 11) is -4.17. The maximum Gasteiger partial charge on any atom is 1.00 e. The summed E-state index contributed by atoms with van der Waals surface area (Å²) >= 11 is 0. The first kappa shape index (κ1) is 16.6. The van der Waals surface area contributed by atoms with Crippen molar-refractivity contribution in [3.8, 4) is 11.5 Å². The van der Waals surface area contributed by atoms with Gasteiger partial charge in [0.2, 0.25) is 0 Å². The van der Waals surface area contributed by atoms with Crippen molar-refractivity contribution in [2.75, 3.05) is 5.73 Å². The third-order valence-corrected chi connectivity index (χ3v) is 3.11. The number of hydrogen-bond donors (Lipinski definition) is 2. The van der Waals surface area contributed by atoms with E-state index in [0.29, 0.717) is 17.2 Å². The Morgan fingerprint density at radius 2 is 1.32 bits per heavy atom. The van der Waals surface area contributed by atoms with Crippen LogP contribution in [0.15, 0.2) is 53.4 Å². The second-order valence-corrected chi connectivity index (χ2v) is 5.04. The van der Waals surface area contributed by atoms with Gasteiger partial charge >= 0.3 is 51.4 Å². The summed E-state index contributed by atoms with van der Waals surface area (Å²) in [5.41, 5.74) is 6.17. The summed E-state index contributed by atoms with van der Waals surface area (Å²) in [4.78, 5) is -0.174. The number of hydrogen-bond acceptors (Lipinski definition) is 4. The van der Waals surface area contributed by atoms with Crippen LogP contribution in [0.5, 0.6) is 11.5 Å². The molecular weight excluding hydrogens is 293 g/mol. The van der Waals surface area contributed by atoms with Crippen molar-refractivity contribution in [2.45, 2.75) is 4.90 Å². The molecule has 0 aliphatic rings. The van der Waals surface area contributed by atoms with Crippen molar-refractivity contribution in [3.63, 3.8) is 0 Å². The Labute approximate surface area is 153 Å². The first-order valence-electron chi connectivity index (χ1n) is 5.06. The van der Waals surface area contributed by atoms with Crippen molar-refractivity contribution < 1.29 is 69.1 Å². The van der Waals surface area contributed by atoms with Crippen molar-refractivity contribution in [3.05, 3.63) is 48.5 Å². The molecule has 0 heterocycles. The van der Waals surface area contributed by atoms with Crippen molar-refractivity contribution in [1.82, 2.24) is 0 Å². The standard InChI is InChI=1S/C12H11NO4S.K/c13-9-1-3-10(4-2-9)17-11-5-7-12(8-6-11)18(14,15)16;/h1-8H,13H2,(H,14,15,16);/q;+1. The zero-order valence-corrected chi connectivity index (χ0v) is 14.2. The monoisotopic (exact) mass is 304 g/mol. The molecule has 7 heteroatoms. The van der Waals surface area contributed by atoms with Gasteiger partial charge in [-0.25, -0.2) is 0 Å². The van der Waals surface area contributed by atoms with Crippen LogP contribution in [-0.4, -0.2) is 13.0 Å². The van der Waals surface area contributed by atoms with Crippen LogP contribution in [0.4, 0.5) is 5.69 Å². The van der Waals surface area contributed by atoms with E-state index in [1.54, 1.807) is 24.3 Å². The molecule has 0 fully saturated rings. The Kier molecular flexibility index (Phi) is 5.99. The van der Waals surface area contributed by atoms with Gasteiger partial charge in [-0.15, -0.1) is 0 Å². The van der Waals surface area contributed by atoms with Crippen LogP contribution < -0.4 is 61.9 Å². The number of nitrogens with two attached hydrogens (primary N) is 1. The predicted octanol–water partition coefficient (Wildman–Crippen LogP) is -0.688. The SMILES string of the molecule is Nc1ccc(Oc2ccc(S(=O)(=O)O)cc2)cc1.[K+]. The van der Waals surface area contributed by atoms with E-state index in [9.17, 15) is 8.42 Å². The van der Waals surface area contributed by atoms with Gasteiger partial charge in [-0.1, -0.05) is 0 Å². The molecule has 0 saturated heterocycles. The van der Waals surface area contributed by atoms with Gasteiger partial charge < -0.3 is 10.5 Å². The van der Waals surface area contributed by atoms with Crippen LogP contribution in [0.1, 0.15) is 0 Å². The summed E-state index contributed by atoms with van der Waals surface area (Å²) in [6.07, 6.45) is 0. The van der Waals surface area contributed by atoms with Crippen LogP contribution in [0.3, 0.4) is 0 Å². The molecule has 0 amide bonds. The molecule has 0 aromatic heterocycles. The first-order chi connectivity index (χ1) is 8.45. The molecule has 2 aromatic rings. The minimum absolute atomic E-state index is 0. The molecule has 0 spiro atoms. The van der Waals surface area contributed by atoms with E-state index in [0.717, 1.165) is 0 Å². The van der Waals surface area contributed by atoms with Crippen molar-refractivity contribution in [1.29, 1.82) is 0 Å². The van der Waals surface area contributed by atoms with E-state index in [1.807, 2.05) is 0 Å². The maximum atomic E-state index is 10.8. The number of benzene rings is 2. The average molecular weight is 304 g/mol. The van der Waals surface area contributed by atoms with Gasteiger partial charge in [-0.3, -0.25) is 4.55 Å². The first-order valence-corrected chi connectivity index (χ1v) is 6.50. The van der Waals surface area contributed by atoms with Crippen molar-refractivity contribution in [2.24, 2.45) is 0 Å². The molecule has 2 rings (SSSR count). The average Bonchev–Trinajstić information content (AvgIpc) is 2.32. The van der Waals surface area contributed by atoms with Gasteiger partial charge in [-0.2, -0.15) is 8.42 Å². The smallest absolute Gasteiger partial charge is 0.457 e. The second kappa shape index (κ2) is 6.84. The number of anilines is 1. The molecule has 19 heavy (non-hydrogen) atoms. The van der Waals surface area contributed by atoms with Crippen LogP contribution >= 0.6 is 0 Å². The minimum Gasteiger partial charge on any atom is -0.457 e. The van der Waals surface area contributed by atoms with Gasteiger partial charge in [0.05, 0.1) is 4.90 Å². The second-order valence-electron chi connectivity index (χ2n) is 3.62. The predicted molar refractivity (Wildman–Crippen MR) is 67.2 cm³/mol. The minimum atomic E-state index is -4.17.